The van der Waals surface area contributed by atoms with Crippen molar-refractivity contribution in [1.82, 2.24) is 20.4 Å². The Bertz CT molecular complexity index is 551. The van der Waals surface area contributed by atoms with E-state index in [9.17, 15) is 18.0 Å². The van der Waals surface area contributed by atoms with Crippen LogP contribution in [0.4, 0.5) is 13.2 Å². The van der Waals surface area contributed by atoms with Crippen LogP contribution in [-0.4, -0.2) is 46.8 Å². The van der Waals surface area contributed by atoms with Crippen LogP contribution >= 0.6 is 0 Å². The molecule has 1 N–H and O–H groups in total. The summed E-state index contributed by atoms with van der Waals surface area (Å²) >= 11 is 0. The number of carbonyl (C=O) groups is 1. The van der Waals surface area contributed by atoms with Crippen molar-refractivity contribution in [3.63, 3.8) is 0 Å². The van der Waals surface area contributed by atoms with Gasteiger partial charge < -0.3 is 9.84 Å². The van der Waals surface area contributed by atoms with Gasteiger partial charge in [0.15, 0.2) is 5.82 Å². The summed E-state index contributed by atoms with van der Waals surface area (Å²) in [5, 5.41) is 5.90. The molecular weight excluding hydrogens is 325 g/mol. The molecule has 2 heterocycles. The fourth-order valence-corrected chi connectivity index (χ4v) is 2.69. The first-order valence-electron chi connectivity index (χ1n) is 8.09. The number of piperidine rings is 1. The zero-order chi connectivity index (χ0) is 17.9. The van der Waals surface area contributed by atoms with Gasteiger partial charge in [0.1, 0.15) is 6.54 Å². The van der Waals surface area contributed by atoms with Crippen LogP contribution in [0.1, 0.15) is 57.3 Å². The van der Waals surface area contributed by atoms with Crippen LogP contribution in [0, 0.1) is 5.92 Å². The molecule has 0 radical (unpaired) electrons. The molecule has 1 aromatic heterocycles. The Morgan fingerprint density at radius 3 is 2.46 bits per heavy atom. The van der Waals surface area contributed by atoms with Gasteiger partial charge in [-0.2, -0.15) is 18.2 Å². The van der Waals surface area contributed by atoms with Gasteiger partial charge >= 0.3 is 6.18 Å². The van der Waals surface area contributed by atoms with E-state index in [-0.39, 0.29) is 17.9 Å². The van der Waals surface area contributed by atoms with Crippen molar-refractivity contribution in [3.05, 3.63) is 11.7 Å². The molecule has 6 nitrogen and oxygen atoms in total. The summed E-state index contributed by atoms with van der Waals surface area (Å²) in [7, 11) is 0. The van der Waals surface area contributed by atoms with E-state index < -0.39 is 18.6 Å². The first kappa shape index (κ1) is 18.7. The maximum absolute atomic E-state index is 12.2. The molecule has 1 fully saturated rings. The van der Waals surface area contributed by atoms with E-state index in [2.05, 4.69) is 15.0 Å². The highest BCUT2D eigenvalue weighted by atomic mass is 19.4. The predicted octanol–water partition coefficient (Wildman–Crippen LogP) is 2.64. The second-order valence-corrected chi connectivity index (χ2v) is 6.46. The van der Waals surface area contributed by atoms with Crippen molar-refractivity contribution in [2.45, 2.75) is 51.7 Å². The average Bonchev–Trinajstić information content (AvgIpc) is 3.01. The second kappa shape index (κ2) is 7.50. The minimum absolute atomic E-state index is 0.0795. The van der Waals surface area contributed by atoms with Gasteiger partial charge in [0.05, 0.1) is 6.04 Å². The summed E-state index contributed by atoms with van der Waals surface area (Å²) in [5.74, 6) is 0.443. The van der Waals surface area contributed by atoms with Crippen molar-refractivity contribution in [2.24, 2.45) is 5.92 Å². The maximum Gasteiger partial charge on any atom is 0.405 e. The van der Waals surface area contributed by atoms with Gasteiger partial charge in [-0.1, -0.05) is 19.0 Å². The number of nitrogens with zero attached hydrogens (tertiary/aromatic N) is 3. The summed E-state index contributed by atoms with van der Waals surface area (Å²) in [6.45, 7) is 5.83. The summed E-state index contributed by atoms with van der Waals surface area (Å²) in [4.78, 5) is 18.3. The number of amides is 1. The maximum atomic E-state index is 12.2. The molecule has 1 amide bonds. The standard InChI is InChI=1S/C15H23F3N4O2/c1-9(2)12-20-14(24-21-12)10(3)22-6-4-11(5-7-22)13(23)19-8-15(16,17)18/h9-11H,4-8H2,1-3H3,(H,19,23)/t10-/m1/s1. The molecule has 0 spiro atoms. The lowest BCUT2D eigenvalue weighted by Crippen LogP contribution is -2.43. The van der Waals surface area contributed by atoms with Crippen LogP contribution in [0.25, 0.3) is 0 Å². The minimum atomic E-state index is -4.38. The van der Waals surface area contributed by atoms with Crippen LogP contribution in [0.2, 0.25) is 0 Å². The highest BCUT2D eigenvalue weighted by molar-refractivity contribution is 5.78. The summed E-state index contributed by atoms with van der Waals surface area (Å²) < 4.78 is 41.7. The normalized spacial score (nSPS) is 18.8. The lowest BCUT2D eigenvalue weighted by atomic mass is 9.95. The van der Waals surface area contributed by atoms with E-state index in [1.807, 2.05) is 26.1 Å². The van der Waals surface area contributed by atoms with Crippen molar-refractivity contribution in [3.8, 4) is 0 Å². The number of alkyl halides is 3. The molecule has 1 saturated heterocycles. The van der Waals surface area contributed by atoms with Gasteiger partial charge in [-0.25, -0.2) is 0 Å². The number of likely N-dealkylation sites (tertiary alicyclic amines) is 1. The lowest BCUT2D eigenvalue weighted by Gasteiger charge is -2.33. The Hall–Kier alpha value is -1.64. The predicted molar refractivity (Wildman–Crippen MR) is 80.2 cm³/mol. The van der Waals surface area contributed by atoms with Gasteiger partial charge in [0.2, 0.25) is 11.8 Å². The van der Waals surface area contributed by atoms with Gasteiger partial charge in [-0.3, -0.25) is 9.69 Å². The third-order valence-electron chi connectivity index (χ3n) is 4.24. The zero-order valence-electron chi connectivity index (χ0n) is 14.1. The molecule has 136 valence electrons. The van der Waals surface area contributed by atoms with E-state index in [1.54, 1.807) is 0 Å². The smallest absolute Gasteiger partial charge is 0.347 e. The molecule has 1 aliphatic heterocycles. The molecule has 2 rings (SSSR count). The van der Waals surface area contributed by atoms with Crippen LogP contribution in [-0.2, 0) is 4.79 Å². The van der Waals surface area contributed by atoms with E-state index in [1.165, 1.54) is 0 Å². The second-order valence-electron chi connectivity index (χ2n) is 6.46. The van der Waals surface area contributed by atoms with Gasteiger partial charge in [0.25, 0.3) is 0 Å². The van der Waals surface area contributed by atoms with E-state index >= 15 is 0 Å². The number of hydrogen-bond acceptors (Lipinski definition) is 5. The Balaban J connectivity index is 1.84. The van der Waals surface area contributed by atoms with Crippen molar-refractivity contribution in [1.29, 1.82) is 0 Å². The molecule has 0 unspecified atom stereocenters. The van der Waals surface area contributed by atoms with Gasteiger partial charge in [-0.05, 0) is 32.9 Å². The SMILES string of the molecule is CC(C)c1noc([C@@H](C)N2CCC(C(=O)NCC(F)(F)F)CC2)n1. The Kier molecular flexibility index (Phi) is 5.84. The van der Waals surface area contributed by atoms with Crippen molar-refractivity contribution < 1.29 is 22.5 Å². The highest BCUT2D eigenvalue weighted by Gasteiger charge is 2.32. The molecular formula is C15H23F3N4O2. The number of aromatic nitrogens is 2. The quantitative estimate of drug-likeness (QED) is 0.886. The Morgan fingerprint density at radius 2 is 1.96 bits per heavy atom. The number of hydrogen-bond donors (Lipinski definition) is 1. The van der Waals surface area contributed by atoms with E-state index in [0.29, 0.717) is 37.6 Å². The van der Waals surface area contributed by atoms with Crippen LogP contribution < -0.4 is 5.32 Å². The molecule has 24 heavy (non-hydrogen) atoms. The number of halogens is 3. The number of nitrogens with one attached hydrogen (secondary N) is 1. The van der Waals surface area contributed by atoms with Crippen LogP contribution in [0.15, 0.2) is 4.52 Å². The first-order valence-corrected chi connectivity index (χ1v) is 8.09. The molecule has 0 saturated carbocycles. The summed E-state index contributed by atoms with van der Waals surface area (Å²) in [6.07, 6.45) is -3.35. The van der Waals surface area contributed by atoms with Crippen molar-refractivity contribution >= 4 is 5.91 Å². The van der Waals surface area contributed by atoms with Gasteiger partial charge in [-0.15, -0.1) is 0 Å². The van der Waals surface area contributed by atoms with Crippen molar-refractivity contribution in [2.75, 3.05) is 19.6 Å². The Morgan fingerprint density at radius 1 is 1.33 bits per heavy atom. The molecule has 9 heteroatoms. The Labute approximate surface area is 138 Å². The highest BCUT2D eigenvalue weighted by Crippen LogP contribution is 2.26. The number of rotatable bonds is 5. The molecule has 1 aromatic rings. The summed E-state index contributed by atoms with van der Waals surface area (Å²) in [5.41, 5.74) is 0. The first-order chi connectivity index (χ1) is 11.2. The van der Waals surface area contributed by atoms with Crippen LogP contribution in [0.5, 0.6) is 0 Å². The van der Waals surface area contributed by atoms with E-state index in [0.717, 1.165) is 0 Å². The van der Waals surface area contributed by atoms with E-state index in [4.69, 9.17) is 4.52 Å². The molecule has 0 aliphatic carbocycles. The minimum Gasteiger partial charge on any atom is -0.347 e. The third-order valence-corrected chi connectivity index (χ3v) is 4.24. The molecule has 0 aromatic carbocycles. The lowest BCUT2D eigenvalue weighted by molar-refractivity contribution is -0.141. The van der Waals surface area contributed by atoms with Gasteiger partial charge in [0, 0.05) is 11.8 Å². The molecule has 1 atom stereocenters. The summed E-state index contributed by atoms with van der Waals surface area (Å²) in [6, 6.07) is -0.0795. The fraction of sp³-hybridized carbons (Fsp3) is 0.800. The fourth-order valence-electron chi connectivity index (χ4n) is 2.69. The zero-order valence-corrected chi connectivity index (χ0v) is 14.1. The third kappa shape index (κ3) is 4.93. The largest absolute Gasteiger partial charge is 0.405 e. The topological polar surface area (TPSA) is 71.3 Å². The average molecular weight is 348 g/mol. The molecule has 0 bridgehead atoms. The van der Waals surface area contributed by atoms with Crippen LogP contribution in [0.3, 0.4) is 0 Å². The number of carbonyl (C=O) groups excluding carboxylic acids is 1. The monoisotopic (exact) mass is 348 g/mol. The molecule has 1 aliphatic rings.